The Hall–Kier alpha value is -6.32. The molecule has 16 nitrogen and oxygen atoms in total. The lowest BCUT2D eigenvalue weighted by atomic mass is 9.88. The van der Waals surface area contributed by atoms with Gasteiger partial charge in [0.25, 0.3) is 0 Å². The topological polar surface area (TPSA) is 181 Å². The van der Waals surface area contributed by atoms with Crippen LogP contribution < -0.4 is 31.1 Å². The molecule has 4 aromatic rings. The smallest absolute Gasteiger partial charge is 0.330 e. The molecule has 8 rings (SSSR count). The Kier molecular flexibility index (Phi) is 8.94. The molecular weight excluding hydrogens is 676 g/mol. The zero-order valence-electron chi connectivity index (χ0n) is 29.1. The van der Waals surface area contributed by atoms with Crippen molar-refractivity contribution in [1.29, 1.82) is 0 Å². The number of nitrogens with zero attached hydrogens (tertiary/aromatic N) is 8. The van der Waals surface area contributed by atoms with Gasteiger partial charge in [-0.2, -0.15) is 0 Å². The standard InChI is InChI=1S/C37H40N12O4/c50-30(23-48-24-36(44-34(48)52)9-17-46(18-10-36)31-38-13-3-14-39-31)42-28-7-1-5-26(21-28)27-6-2-8-29(22-27)43-33(51)49-25-37(45-35(49)53)11-19-47(20-12-37)32-40-15-4-16-41-32/h1-8,13-16,21-22H,9-12,17-20,23-25H2,(H,42,50)(H,43,51)(H,44,52)(H,45,53). The predicted octanol–water partition coefficient (Wildman–Crippen LogP) is 3.53. The fourth-order valence-electron chi connectivity index (χ4n) is 7.65. The van der Waals surface area contributed by atoms with E-state index in [-0.39, 0.29) is 30.6 Å². The summed E-state index contributed by atoms with van der Waals surface area (Å²) in [6.45, 7) is 3.40. The maximum atomic E-state index is 13.3. The first-order valence-corrected chi connectivity index (χ1v) is 17.8. The molecule has 6 heterocycles. The van der Waals surface area contributed by atoms with Crippen LogP contribution in [0, 0.1) is 0 Å². The van der Waals surface area contributed by atoms with E-state index < -0.39 is 17.6 Å². The van der Waals surface area contributed by atoms with Crippen molar-refractivity contribution in [3.05, 3.63) is 85.5 Å². The van der Waals surface area contributed by atoms with Crippen LogP contribution in [-0.2, 0) is 4.79 Å². The number of anilines is 4. The number of benzene rings is 2. The van der Waals surface area contributed by atoms with Gasteiger partial charge in [-0.3, -0.25) is 4.79 Å². The van der Waals surface area contributed by atoms with Gasteiger partial charge >= 0.3 is 18.1 Å². The van der Waals surface area contributed by atoms with Gasteiger partial charge in [0, 0.05) is 68.9 Å². The number of amides is 7. The lowest BCUT2D eigenvalue weighted by Gasteiger charge is -2.38. The minimum atomic E-state index is -0.505. The third kappa shape index (κ3) is 7.24. The first kappa shape index (κ1) is 33.8. The van der Waals surface area contributed by atoms with Crippen molar-refractivity contribution in [3.8, 4) is 11.1 Å². The number of piperidine rings is 2. The van der Waals surface area contributed by atoms with Crippen molar-refractivity contribution in [1.82, 2.24) is 40.4 Å². The molecule has 0 unspecified atom stereocenters. The normalized spacial score (nSPS) is 18.9. The zero-order chi connectivity index (χ0) is 36.4. The number of urea groups is 3. The first-order valence-electron chi connectivity index (χ1n) is 17.8. The first-order chi connectivity index (χ1) is 25.8. The molecule has 2 aromatic heterocycles. The van der Waals surface area contributed by atoms with Gasteiger partial charge in [-0.1, -0.05) is 24.3 Å². The largest absolute Gasteiger partial charge is 0.341 e. The molecule has 0 radical (unpaired) electrons. The number of rotatable bonds is 7. The summed E-state index contributed by atoms with van der Waals surface area (Å²) in [6, 6.07) is 17.1. The van der Waals surface area contributed by atoms with Crippen LogP contribution in [0.1, 0.15) is 25.7 Å². The number of imide groups is 1. The van der Waals surface area contributed by atoms with E-state index in [0.717, 1.165) is 24.0 Å². The second-order valence-corrected chi connectivity index (χ2v) is 14.1. The molecule has 53 heavy (non-hydrogen) atoms. The Bertz CT molecular complexity index is 2000. The maximum absolute atomic E-state index is 13.3. The third-order valence-corrected chi connectivity index (χ3v) is 10.5. The van der Waals surface area contributed by atoms with Gasteiger partial charge in [0.05, 0.1) is 17.6 Å². The van der Waals surface area contributed by atoms with Gasteiger partial charge in [-0.05, 0) is 73.2 Å². The lowest BCUT2D eigenvalue weighted by Crippen LogP contribution is -2.53. The molecule has 0 bridgehead atoms. The predicted molar refractivity (Wildman–Crippen MR) is 197 cm³/mol. The average Bonchev–Trinajstić information content (AvgIpc) is 3.66. The second kappa shape index (κ2) is 14.0. The van der Waals surface area contributed by atoms with Gasteiger partial charge in [-0.15, -0.1) is 0 Å². The van der Waals surface area contributed by atoms with E-state index in [2.05, 4.69) is 51.0 Å². The molecule has 4 fully saturated rings. The maximum Gasteiger partial charge on any atom is 0.330 e. The summed E-state index contributed by atoms with van der Waals surface area (Å²) in [5.41, 5.74) is 1.85. The summed E-state index contributed by atoms with van der Waals surface area (Å²) in [5.74, 6) is 1.04. The van der Waals surface area contributed by atoms with Crippen LogP contribution in [0.15, 0.2) is 85.5 Å². The SMILES string of the molecule is O=C(CN1CC2(CCN(c3ncccn3)CC2)NC1=O)Nc1cccc(-c2cccc(NC(=O)N3CC4(CCN(c5ncccn5)CC4)NC3=O)c2)c1. The summed E-state index contributed by atoms with van der Waals surface area (Å²) >= 11 is 0. The number of hydrogen-bond donors (Lipinski definition) is 4. The molecule has 272 valence electrons. The molecule has 0 atom stereocenters. The van der Waals surface area contributed by atoms with Gasteiger partial charge in [-0.25, -0.2) is 39.2 Å². The highest BCUT2D eigenvalue weighted by Gasteiger charge is 2.47. The molecule has 2 aromatic carbocycles. The molecule has 16 heteroatoms. The summed E-state index contributed by atoms with van der Waals surface area (Å²) < 4.78 is 0. The van der Waals surface area contributed by atoms with Crippen LogP contribution >= 0.6 is 0 Å². The van der Waals surface area contributed by atoms with Crippen LogP contribution in [0.2, 0.25) is 0 Å². The van der Waals surface area contributed by atoms with E-state index in [1.54, 1.807) is 54.0 Å². The van der Waals surface area contributed by atoms with Gasteiger partial charge in [0.2, 0.25) is 17.8 Å². The van der Waals surface area contributed by atoms with Crippen LogP contribution in [0.4, 0.5) is 37.7 Å². The molecule has 4 aliphatic heterocycles. The van der Waals surface area contributed by atoms with E-state index in [1.165, 1.54) is 4.90 Å². The average molecular weight is 717 g/mol. The molecule has 7 amide bonds. The van der Waals surface area contributed by atoms with Crippen LogP contribution in [0.5, 0.6) is 0 Å². The number of carbonyl (C=O) groups is 4. The number of hydrogen-bond acceptors (Lipinski definition) is 10. The molecule has 2 spiro atoms. The Balaban J connectivity index is 0.846. The quantitative estimate of drug-likeness (QED) is 0.221. The van der Waals surface area contributed by atoms with E-state index in [9.17, 15) is 19.2 Å². The minimum Gasteiger partial charge on any atom is -0.341 e. The van der Waals surface area contributed by atoms with E-state index in [0.29, 0.717) is 68.8 Å². The summed E-state index contributed by atoms with van der Waals surface area (Å²) in [7, 11) is 0. The van der Waals surface area contributed by atoms with Crippen molar-refractivity contribution in [3.63, 3.8) is 0 Å². The van der Waals surface area contributed by atoms with Crippen molar-refractivity contribution < 1.29 is 19.2 Å². The van der Waals surface area contributed by atoms with Crippen molar-refractivity contribution >= 4 is 47.3 Å². The highest BCUT2D eigenvalue weighted by atomic mass is 16.2. The summed E-state index contributed by atoms with van der Waals surface area (Å²) in [4.78, 5) is 76.7. The molecule has 4 N–H and O–H groups in total. The number of carbonyl (C=O) groups excluding carboxylic acids is 4. The highest BCUT2D eigenvalue weighted by Crippen LogP contribution is 2.32. The Labute approximate surface area is 306 Å². The molecule has 4 aliphatic rings. The fraction of sp³-hybridized carbons (Fsp3) is 0.351. The fourth-order valence-corrected chi connectivity index (χ4v) is 7.65. The van der Waals surface area contributed by atoms with Crippen LogP contribution in [-0.4, -0.2) is 111 Å². The molecule has 4 saturated heterocycles. The monoisotopic (exact) mass is 716 g/mol. The Morgan fingerprint density at radius 2 is 1.13 bits per heavy atom. The van der Waals surface area contributed by atoms with Crippen molar-refractivity contribution in [2.45, 2.75) is 36.8 Å². The van der Waals surface area contributed by atoms with Crippen molar-refractivity contribution in [2.75, 3.05) is 66.2 Å². The molecule has 0 aliphatic carbocycles. The Morgan fingerprint density at radius 1 is 0.642 bits per heavy atom. The summed E-state index contributed by atoms with van der Waals surface area (Å²) in [5, 5.41) is 12.0. The van der Waals surface area contributed by atoms with E-state index in [4.69, 9.17) is 0 Å². The molecule has 0 saturated carbocycles. The van der Waals surface area contributed by atoms with E-state index >= 15 is 0 Å². The Morgan fingerprint density at radius 3 is 1.68 bits per heavy atom. The van der Waals surface area contributed by atoms with Crippen LogP contribution in [0.3, 0.4) is 0 Å². The van der Waals surface area contributed by atoms with Crippen molar-refractivity contribution in [2.24, 2.45) is 0 Å². The second-order valence-electron chi connectivity index (χ2n) is 14.1. The summed E-state index contributed by atoms with van der Waals surface area (Å²) in [6.07, 6.45) is 9.65. The zero-order valence-corrected chi connectivity index (χ0v) is 29.1. The van der Waals surface area contributed by atoms with E-state index in [1.807, 2.05) is 36.4 Å². The third-order valence-electron chi connectivity index (χ3n) is 10.5. The number of nitrogens with one attached hydrogen (secondary N) is 4. The lowest BCUT2D eigenvalue weighted by molar-refractivity contribution is -0.116. The van der Waals surface area contributed by atoms with Gasteiger partial charge in [0.1, 0.15) is 6.54 Å². The molecular formula is C37H40N12O4. The number of aromatic nitrogens is 4. The van der Waals surface area contributed by atoms with Crippen LogP contribution in [0.25, 0.3) is 11.1 Å². The van der Waals surface area contributed by atoms with Gasteiger partial charge in [0.15, 0.2) is 0 Å². The van der Waals surface area contributed by atoms with Gasteiger partial charge < -0.3 is 36.0 Å². The highest BCUT2D eigenvalue weighted by molar-refractivity contribution is 6.02. The minimum absolute atomic E-state index is 0.0735.